The smallest absolute Gasteiger partial charge is 0.336 e. The van der Waals surface area contributed by atoms with Crippen LogP contribution in [0.4, 0.5) is 4.79 Å². The van der Waals surface area contributed by atoms with Gasteiger partial charge in [-0.05, 0) is 25.3 Å². The minimum atomic E-state index is -1.24. The Morgan fingerprint density at radius 3 is 2.65 bits per heavy atom. The SMILES string of the molecule is C[C@]1(c2ccccc2)NC(=O)N(NC(=O)CSc2nnc(C3CCCCC3)n2N)C1=O. The van der Waals surface area contributed by atoms with Crippen molar-refractivity contribution in [1.29, 1.82) is 0 Å². The van der Waals surface area contributed by atoms with Crippen LogP contribution in [0.3, 0.4) is 0 Å². The molecule has 164 valence electrons. The van der Waals surface area contributed by atoms with E-state index in [1.54, 1.807) is 31.2 Å². The second-order valence-corrected chi connectivity index (χ2v) is 8.87. The number of hydrogen-bond donors (Lipinski definition) is 3. The summed E-state index contributed by atoms with van der Waals surface area (Å²) in [6.45, 7) is 1.60. The van der Waals surface area contributed by atoms with E-state index in [-0.39, 0.29) is 11.7 Å². The molecule has 1 aliphatic carbocycles. The molecule has 31 heavy (non-hydrogen) atoms. The molecule has 0 bridgehead atoms. The number of carbonyl (C=O) groups is 3. The Balaban J connectivity index is 1.37. The Bertz CT molecular complexity index is 990. The van der Waals surface area contributed by atoms with Gasteiger partial charge in [0, 0.05) is 5.92 Å². The third-order valence-electron chi connectivity index (χ3n) is 5.77. The van der Waals surface area contributed by atoms with E-state index in [1.165, 1.54) is 11.1 Å². The molecule has 0 spiro atoms. The van der Waals surface area contributed by atoms with Crippen molar-refractivity contribution in [2.24, 2.45) is 0 Å². The molecule has 1 aromatic heterocycles. The Labute approximate surface area is 183 Å². The molecule has 2 aromatic rings. The molecule has 0 radical (unpaired) electrons. The topological polar surface area (TPSA) is 135 Å². The average Bonchev–Trinajstić information content (AvgIpc) is 3.26. The molecule has 10 nitrogen and oxygen atoms in total. The van der Waals surface area contributed by atoms with E-state index in [9.17, 15) is 14.4 Å². The number of imide groups is 1. The maximum atomic E-state index is 12.9. The molecule has 0 unspecified atom stereocenters. The lowest BCUT2D eigenvalue weighted by atomic mass is 9.89. The fourth-order valence-electron chi connectivity index (χ4n) is 4.02. The van der Waals surface area contributed by atoms with Crippen molar-refractivity contribution < 1.29 is 14.4 Å². The lowest BCUT2D eigenvalue weighted by molar-refractivity contribution is -0.138. The summed E-state index contributed by atoms with van der Waals surface area (Å²) in [7, 11) is 0. The molecule has 4 amide bonds. The number of hydrogen-bond acceptors (Lipinski definition) is 7. The standard InChI is InChI=1S/C20H25N7O3S/c1-20(14-10-6-3-7-11-14)17(29)27(18(30)22-20)25-15(28)12-31-19-24-23-16(26(19)21)13-8-4-2-5-9-13/h3,6-7,10-11,13H,2,4-5,8-9,12,21H2,1H3,(H,22,30)(H,25,28)/t20-/m1/s1. The molecule has 1 atom stereocenters. The number of amides is 4. The predicted octanol–water partition coefficient (Wildman–Crippen LogP) is 1.63. The van der Waals surface area contributed by atoms with E-state index < -0.39 is 23.4 Å². The number of rotatable bonds is 6. The molecule has 1 aliphatic heterocycles. The average molecular weight is 444 g/mol. The number of hydrazine groups is 1. The van der Waals surface area contributed by atoms with E-state index >= 15 is 0 Å². The van der Waals surface area contributed by atoms with Gasteiger partial charge >= 0.3 is 6.03 Å². The fraction of sp³-hybridized carbons (Fsp3) is 0.450. The molecular formula is C20H25N7O3S. The maximum absolute atomic E-state index is 12.9. The Morgan fingerprint density at radius 1 is 1.23 bits per heavy atom. The Morgan fingerprint density at radius 2 is 1.94 bits per heavy atom. The van der Waals surface area contributed by atoms with E-state index in [1.807, 2.05) is 6.07 Å². The number of thioether (sulfide) groups is 1. The fourth-order valence-corrected chi connectivity index (χ4v) is 4.68. The quantitative estimate of drug-likeness (QED) is 0.351. The highest BCUT2D eigenvalue weighted by Gasteiger charge is 2.49. The lowest BCUT2D eigenvalue weighted by Crippen LogP contribution is -2.48. The van der Waals surface area contributed by atoms with Gasteiger partial charge in [-0.25, -0.2) is 9.47 Å². The number of urea groups is 1. The zero-order valence-corrected chi connectivity index (χ0v) is 18.0. The normalized spacial score (nSPS) is 21.9. The molecule has 1 saturated heterocycles. The summed E-state index contributed by atoms with van der Waals surface area (Å²) in [5.41, 5.74) is 1.76. The lowest BCUT2D eigenvalue weighted by Gasteiger charge is -2.22. The molecule has 4 N–H and O–H groups in total. The molecule has 2 aliphatic rings. The van der Waals surface area contributed by atoms with Gasteiger partial charge in [-0.15, -0.1) is 10.2 Å². The molecule has 1 saturated carbocycles. The van der Waals surface area contributed by atoms with Gasteiger partial charge in [0.05, 0.1) is 5.75 Å². The number of nitrogens with two attached hydrogens (primary N) is 1. The summed E-state index contributed by atoms with van der Waals surface area (Å²) < 4.78 is 1.44. The number of nitrogen functional groups attached to an aromatic ring is 1. The van der Waals surface area contributed by atoms with Crippen molar-refractivity contribution >= 4 is 29.6 Å². The predicted molar refractivity (Wildman–Crippen MR) is 114 cm³/mol. The minimum absolute atomic E-state index is 0.0703. The van der Waals surface area contributed by atoms with Crippen molar-refractivity contribution in [3.8, 4) is 0 Å². The summed E-state index contributed by atoms with van der Waals surface area (Å²) in [5.74, 6) is 6.02. The van der Waals surface area contributed by atoms with E-state index in [0.29, 0.717) is 10.7 Å². The van der Waals surface area contributed by atoms with Crippen molar-refractivity contribution in [3.05, 3.63) is 41.7 Å². The summed E-state index contributed by atoms with van der Waals surface area (Å²) in [5, 5.41) is 12.1. The van der Waals surface area contributed by atoms with Crippen LogP contribution in [0.25, 0.3) is 0 Å². The largest absolute Gasteiger partial charge is 0.344 e. The molecule has 2 fully saturated rings. The first-order chi connectivity index (χ1) is 14.9. The van der Waals surface area contributed by atoms with Crippen molar-refractivity contribution in [2.75, 3.05) is 11.6 Å². The number of benzene rings is 1. The van der Waals surface area contributed by atoms with Crippen LogP contribution in [0.15, 0.2) is 35.5 Å². The van der Waals surface area contributed by atoms with Crippen LogP contribution in [-0.2, 0) is 15.1 Å². The third-order valence-corrected chi connectivity index (χ3v) is 6.72. The molecule has 1 aromatic carbocycles. The summed E-state index contributed by atoms with van der Waals surface area (Å²) in [6, 6.07) is 8.19. The zero-order chi connectivity index (χ0) is 22.0. The monoisotopic (exact) mass is 443 g/mol. The molecular weight excluding hydrogens is 418 g/mol. The number of nitrogens with one attached hydrogen (secondary N) is 2. The van der Waals surface area contributed by atoms with Gasteiger partial charge in [0.15, 0.2) is 5.82 Å². The highest BCUT2D eigenvalue weighted by Crippen LogP contribution is 2.32. The third kappa shape index (κ3) is 4.09. The van der Waals surface area contributed by atoms with E-state index in [0.717, 1.165) is 48.3 Å². The van der Waals surface area contributed by atoms with Gasteiger partial charge < -0.3 is 11.2 Å². The first-order valence-corrected chi connectivity index (χ1v) is 11.2. The van der Waals surface area contributed by atoms with E-state index in [2.05, 4.69) is 20.9 Å². The van der Waals surface area contributed by atoms with Crippen molar-refractivity contribution in [1.82, 2.24) is 30.6 Å². The van der Waals surface area contributed by atoms with Gasteiger partial charge in [-0.3, -0.25) is 15.0 Å². The van der Waals surface area contributed by atoms with Crippen LogP contribution in [0.2, 0.25) is 0 Å². The van der Waals surface area contributed by atoms with Crippen LogP contribution >= 0.6 is 11.8 Å². The second kappa shape index (κ2) is 8.58. The first kappa shape index (κ1) is 21.2. The number of nitrogens with zero attached hydrogens (tertiary/aromatic N) is 4. The van der Waals surface area contributed by atoms with Gasteiger partial charge in [0.25, 0.3) is 5.91 Å². The van der Waals surface area contributed by atoms with E-state index in [4.69, 9.17) is 5.84 Å². The highest BCUT2D eigenvalue weighted by atomic mass is 32.2. The van der Waals surface area contributed by atoms with Gasteiger partial charge in [0.2, 0.25) is 11.1 Å². The molecule has 2 heterocycles. The van der Waals surface area contributed by atoms with Crippen LogP contribution in [0, 0.1) is 0 Å². The Kier molecular flexibility index (Phi) is 5.86. The van der Waals surface area contributed by atoms with Gasteiger partial charge in [-0.1, -0.05) is 61.4 Å². The van der Waals surface area contributed by atoms with Crippen LogP contribution in [0.5, 0.6) is 0 Å². The second-order valence-electron chi connectivity index (χ2n) is 7.93. The van der Waals surface area contributed by atoms with Gasteiger partial charge in [0.1, 0.15) is 5.54 Å². The Hall–Kier alpha value is -3.08. The zero-order valence-electron chi connectivity index (χ0n) is 17.2. The van der Waals surface area contributed by atoms with Crippen LogP contribution < -0.4 is 16.6 Å². The van der Waals surface area contributed by atoms with Crippen molar-refractivity contribution in [3.63, 3.8) is 0 Å². The summed E-state index contributed by atoms with van der Waals surface area (Å²) in [6.07, 6.45) is 5.59. The van der Waals surface area contributed by atoms with Crippen LogP contribution in [-0.4, -0.2) is 43.5 Å². The number of aromatic nitrogens is 3. The van der Waals surface area contributed by atoms with Crippen LogP contribution in [0.1, 0.15) is 56.3 Å². The molecule has 11 heteroatoms. The van der Waals surface area contributed by atoms with Crippen molar-refractivity contribution in [2.45, 2.75) is 55.6 Å². The minimum Gasteiger partial charge on any atom is -0.336 e. The summed E-state index contributed by atoms with van der Waals surface area (Å²) in [4.78, 5) is 37.6. The highest BCUT2D eigenvalue weighted by molar-refractivity contribution is 7.99. The first-order valence-electron chi connectivity index (χ1n) is 10.2. The summed E-state index contributed by atoms with van der Waals surface area (Å²) >= 11 is 1.10. The maximum Gasteiger partial charge on any atom is 0.344 e. The molecule has 4 rings (SSSR count). The van der Waals surface area contributed by atoms with Gasteiger partial charge in [-0.2, -0.15) is 5.01 Å². The number of carbonyl (C=O) groups excluding carboxylic acids is 3.